The van der Waals surface area contributed by atoms with Crippen molar-refractivity contribution in [2.24, 2.45) is 0 Å². The average molecular weight is 880 g/mol. The number of hydrogen-bond acceptors (Lipinski definition) is 7. The molecule has 0 aromatic carbocycles. The van der Waals surface area contributed by atoms with Gasteiger partial charge in [0.15, 0.2) is 0 Å². The first-order chi connectivity index (χ1) is 29.6. The molecule has 0 amide bonds. The molecule has 0 radical (unpaired) electrons. The SMILES string of the molecule is CCCCCC/C=C\CCCCCCCCOCC(COP(=O)([O-])OCC[N+](C)(C)C)OC(=O)CCCCCCCCCCCC/C=C\C/C=C\C/C=C\CCCCCCC. The molecule has 358 valence electrons. The molecule has 0 saturated carbocycles. The highest BCUT2D eigenvalue weighted by atomic mass is 31.2. The van der Waals surface area contributed by atoms with Gasteiger partial charge in [0.2, 0.25) is 0 Å². The number of esters is 1. The van der Waals surface area contributed by atoms with Crippen LogP contribution in [0.15, 0.2) is 48.6 Å². The molecule has 0 bridgehead atoms. The number of carbonyl (C=O) groups excluding carboxylic acids is 1. The van der Waals surface area contributed by atoms with Crippen molar-refractivity contribution in [3.05, 3.63) is 48.6 Å². The van der Waals surface area contributed by atoms with E-state index in [1.165, 1.54) is 154 Å². The number of nitrogens with zero attached hydrogens (tertiary/aromatic N) is 1. The Hall–Kier alpha value is -1.54. The van der Waals surface area contributed by atoms with Crippen molar-refractivity contribution in [1.29, 1.82) is 0 Å². The summed E-state index contributed by atoms with van der Waals surface area (Å²) < 4.78 is 34.7. The summed E-state index contributed by atoms with van der Waals surface area (Å²) in [5.41, 5.74) is 0. The summed E-state index contributed by atoms with van der Waals surface area (Å²) in [6, 6.07) is 0. The third kappa shape index (κ3) is 49.3. The first-order valence-electron chi connectivity index (χ1n) is 25.4. The number of hydrogen-bond donors (Lipinski definition) is 0. The molecule has 0 rings (SSSR count). The van der Waals surface area contributed by atoms with Gasteiger partial charge in [-0.2, -0.15) is 0 Å². The van der Waals surface area contributed by atoms with Crippen molar-refractivity contribution in [3.63, 3.8) is 0 Å². The predicted molar refractivity (Wildman–Crippen MR) is 259 cm³/mol. The molecule has 61 heavy (non-hydrogen) atoms. The van der Waals surface area contributed by atoms with Crippen molar-refractivity contribution in [1.82, 2.24) is 0 Å². The van der Waals surface area contributed by atoms with Gasteiger partial charge in [-0.25, -0.2) is 0 Å². The van der Waals surface area contributed by atoms with E-state index in [4.69, 9.17) is 18.5 Å². The number of allylic oxidation sites excluding steroid dienone is 8. The number of rotatable bonds is 47. The summed E-state index contributed by atoms with van der Waals surface area (Å²) in [5.74, 6) is -0.340. The topological polar surface area (TPSA) is 94.1 Å². The normalized spacial score (nSPS) is 14.0. The molecule has 0 aliphatic heterocycles. The van der Waals surface area contributed by atoms with Crippen molar-refractivity contribution in [2.75, 3.05) is 54.1 Å². The second-order valence-electron chi connectivity index (χ2n) is 18.2. The summed E-state index contributed by atoms with van der Waals surface area (Å²) in [5, 5.41) is 0. The highest BCUT2D eigenvalue weighted by molar-refractivity contribution is 7.45. The average Bonchev–Trinajstić information content (AvgIpc) is 3.22. The molecular formula is C52H98NO7P. The van der Waals surface area contributed by atoms with Gasteiger partial charge < -0.3 is 27.9 Å². The van der Waals surface area contributed by atoms with Crippen LogP contribution in [0, 0.1) is 0 Å². The minimum absolute atomic E-state index is 0.0233. The summed E-state index contributed by atoms with van der Waals surface area (Å²) >= 11 is 0. The summed E-state index contributed by atoms with van der Waals surface area (Å²) in [6.45, 7) is 5.38. The van der Waals surface area contributed by atoms with Gasteiger partial charge in [0.05, 0.1) is 34.4 Å². The Kier molecular flexibility index (Phi) is 43.9. The van der Waals surface area contributed by atoms with Gasteiger partial charge in [0.1, 0.15) is 19.3 Å². The second kappa shape index (κ2) is 45.0. The van der Waals surface area contributed by atoms with Gasteiger partial charge in [-0.3, -0.25) is 9.36 Å². The number of phosphoric acid groups is 1. The first kappa shape index (κ1) is 59.5. The van der Waals surface area contributed by atoms with Gasteiger partial charge in [-0.15, -0.1) is 0 Å². The molecule has 0 aliphatic carbocycles. The zero-order valence-electron chi connectivity index (χ0n) is 40.6. The Bertz CT molecular complexity index is 1120. The molecule has 0 aliphatic rings. The molecule has 0 fully saturated rings. The van der Waals surface area contributed by atoms with Gasteiger partial charge in [0, 0.05) is 13.0 Å². The van der Waals surface area contributed by atoms with Crippen LogP contribution in [0.2, 0.25) is 0 Å². The monoisotopic (exact) mass is 880 g/mol. The molecular weight excluding hydrogens is 782 g/mol. The van der Waals surface area contributed by atoms with E-state index in [1.54, 1.807) is 0 Å². The fraction of sp³-hybridized carbons (Fsp3) is 0.827. The van der Waals surface area contributed by atoms with Crippen LogP contribution in [-0.4, -0.2) is 70.7 Å². The first-order valence-corrected chi connectivity index (χ1v) is 26.8. The number of unbranched alkanes of at least 4 members (excludes halogenated alkanes) is 25. The van der Waals surface area contributed by atoms with E-state index in [9.17, 15) is 14.3 Å². The Balaban J connectivity index is 4.12. The molecule has 2 atom stereocenters. The third-order valence-corrected chi connectivity index (χ3v) is 11.8. The van der Waals surface area contributed by atoms with E-state index in [2.05, 4.69) is 62.5 Å². The van der Waals surface area contributed by atoms with Gasteiger partial charge >= 0.3 is 5.97 Å². The quantitative estimate of drug-likeness (QED) is 0.0198. The summed E-state index contributed by atoms with van der Waals surface area (Å²) in [6.07, 6.45) is 55.6. The molecule has 9 heteroatoms. The molecule has 0 N–H and O–H groups in total. The molecule has 0 aromatic heterocycles. The van der Waals surface area contributed by atoms with E-state index >= 15 is 0 Å². The van der Waals surface area contributed by atoms with E-state index < -0.39 is 13.9 Å². The van der Waals surface area contributed by atoms with Crippen LogP contribution in [0.5, 0.6) is 0 Å². The van der Waals surface area contributed by atoms with Crippen LogP contribution >= 0.6 is 7.82 Å². The number of likely N-dealkylation sites (N-methyl/N-ethyl adjacent to an activating group) is 1. The fourth-order valence-corrected chi connectivity index (χ4v) is 7.63. The smallest absolute Gasteiger partial charge is 0.306 e. The molecule has 0 spiro atoms. The van der Waals surface area contributed by atoms with Gasteiger partial charge in [0.25, 0.3) is 7.82 Å². The zero-order valence-corrected chi connectivity index (χ0v) is 41.5. The van der Waals surface area contributed by atoms with Crippen LogP contribution in [0.25, 0.3) is 0 Å². The highest BCUT2D eigenvalue weighted by Crippen LogP contribution is 2.38. The van der Waals surface area contributed by atoms with Crippen LogP contribution in [0.1, 0.15) is 219 Å². The molecule has 0 aromatic rings. The van der Waals surface area contributed by atoms with E-state index in [1.807, 2.05) is 21.1 Å². The van der Waals surface area contributed by atoms with E-state index in [-0.39, 0.29) is 25.8 Å². The maximum Gasteiger partial charge on any atom is 0.306 e. The number of quaternary nitrogens is 1. The summed E-state index contributed by atoms with van der Waals surface area (Å²) in [7, 11) is 1.35. The maximum atomic E-state index is 12.7. The van der Waals surface area contributed by atoms with Crippen molar-refractivity contribution >= 4 is 13.8 Å². The van der Waals surface area contributed by atoms with E-state index in [0.29, 0.717) is 24.1 Å². The number of phosphoric ester groups is 1. The van der Waals surface area contributed by atoms with Gasteiger partial charge in [-0.1, -0.05) is 184 Å². The lowest BCUT2D eigenvalue weighted by Gasteiger charge is -2.28. The van der Waals surface area contributed by atoms with Crippen LogP contribution in [0.4, 0.5) is 0 Å². The maximum absolute atomic E-state index is 12.7. The Morgan fingerprint density at radius 1 is 0.508 bits per heavy atom. The minimum Gasteiger partial charge on any atom is -0.756 e. The highest BCUT2D eigenvalue weighted by Gasteiger charge is 2.20. The van der Waals surface area contributed by atoms with Gasteiger partial charge in [-0.05, 0) is 77.0 Å². The minimum atomic E-state index is -4.53. The van der Waals surface area contributed by atoms with Crippen LogP contribution in [0.3, 0.4) is 0 Å². The zero-order chi connectivity index (χ0) is 44.8. The standard InChI is InChI=1S/C52H98NO7P/c1-6-8-10-12-14-16-18-20-22-23-24-25-26-27-28-29-30-31-32-33-35-37-39-41-43-45-52(54)60-51(50-59-61(55,56)58-48-46-53(3,4)5)49-57-47-44-42-40-38-36-34-21-19-17-15-13-11-9-7-2/h17-20,23-24,26-27,51H,6-16,21-22,25,28-50H2,1-5H3/b19-17-,20-18-,24-23-,27-26-. The Labute approximate surface area is 378 Å². The molecule has 0 heterocycles. The Morgan fingerprint density at radius 3 is 1.38 bits per heavy atom. The third-order valence-electron chi connectivity index (χ3n) is 10.9. The lowest BCUT2D eigenvalue weighted by molar-refractivity contribution is -0.870. The van der Waals surface area contributed by atoms with Crippen LogP contribution < -0.4 is 4.89 Å². The van der Waals surface area contributed by atoms with E-state index in [0.717, 1.165) is 44.9 Å². The predicted octanol–water partition coefficient (Wildman–Crippen LogP) is 14.9. The largest absolute Gasteiger partial charge is 0.756 e. The van der Waals surface area contributed by atoms with Crippen molar-refractivity contribution in [2.45, 2.75) is 225 Å². The van der Waals surface area contributed by atoms with Crippen LogP contribution in [-0.2, 0) is 27.9 Å². The number of ether oxygens (including phenoxy) is 2. The molecule has 8 nitrogen and oxygen atoms in total. The fourth-order valence-electron chi connectivity index (χ4n) is 6.90. The van der Waals surface area contributed by atoms with Crippen molar-refractivity contribution in [3.8, 4) is 0 Å². The lowest BCUT2D eigenvalue weighted by atomic mass is 10.0. The van der Waals surface area contributed by atoms with Crippen molar-refractivity contribution < 1.29 is 37.3 Å². The lowest BCUT2D eigenvalue weighted by Crippen LogP contribution is -2.37. The molecule has 2 unspecified atom stereocenters. The Morgan fingerprint density at radius 2 is 0.902 bits per heavy atom. The second-order valence-corrected chi connectivity index (χ2v) is 19.6. The summed E-state index contributed by atoms with van der Waals surface area (Å²) in [4.78, 5) is 25.1. The molecule has 0 saturated heterocycles. The number of carbonyl (C=O) groups is 1.